The Kier molecular flexibility index (Phi) is 8.84. The number of methoxy groups -OCH3 is 1. The minimum atomic E-state index is -0.697. The Bertz CT molecular complexity index is 1950. The summed E-state index contributed by atoms with van der Waals surface area (Å²) in [6.45, 7) is 2.95. The number of hydrogen-bond acceptors (Lipinski definition) is 8. The molecule has 3 heterocycles. The highest BCUT2D eigenvalue weighted by atomic mass is 35.5. The van der Waals surface area contributed by atoms with Gasteiger partial charge in [-0.1, -0.05) is 41.9 Å². The molecule has 240 valence electrons. The van der Waals surface area contributed by atoms with Crippen molar-refractivity contribution >= 4 is 23.2 Å². The zero-order valence-electron chi connectivity index (χ0n) is 26.1. The van der Waals surface area contributed by atoms with E-state index in [9.17, 15) is 19.5 Å². The molecule has 1 fully saturated rings. The van der Waals surface area contributed by atoms with Crippen molar-refractivity contribution in [3.05, 3.63) is 96.8 Å². The highest BCUT2D eigenvalue weighted by Gasteiger charge is 2.33. The van der Waals surface area contributed by atoms with Gasteiger partial charge in [-0.3, -0.25) is 14.2 Å². The second-order valence-corrected chi connectivity index (χ2v) is 12.2. The fourth-order valence-electron chi connectivity index (χ4n) is 6.44. The Morgan fingerprint density at radius 1 is 1.11 bits per heavy atom. The predicted molar refractivity (Wildman–Crippen MR) is 176 cm³/mol. The van der Waals surface area contributed by atoms with Crippen molar-refractivity contribution in [2.24, 2.45) is 14.1 Å². The topological polar surface area (TPSA) is 137 Å². The standard InChI is InChI=1S/C34H36ClN5O6/c1-18-20(22-9-6-10-26(30(22)35)37-31(42)23-16-39(2)34(44)40(3)33(23)43)7-5-8-21(18)27-15-19-11-12-25(29(19)32(38-27)45-4)36-24-13-14-46-17-28(24)41/h5-10,15-16,24-25,28,36,41H,11-14,17H2,1-4H3,(H,37,42)/t24-,25-,28+/m1/s1. The Morgan fingerprint density at radius 3 is 2.61 bits per heavy atom. The zero-order chi connectivity index (χ0) is 32.7. The number of fused-ring (bicyclic) bond motifs is 1. The molecule has 2 aromatic heterocycles. The van der Waals surface area contributed by atoms with Crippen molar-refractivity contribution in [3.8, 4) is 28.3 Å². The lowest BCUT2D eigenvalue weighted by molar-refractivity contribution is -0.0304. The number of ether oxygens (including phenoxy) is 2. The number of aryl methyl sites for hydroxylation is 2. The monoisotopic (exact) mass is 645 g/mol. The van der Waals surface area contributed by atoms with Crippen LogP contribution in [0.2, 0.25) is 5.02 Å². The van der Waals surface area contributed by atoms with Crippen molar-refractivity contribution in [2.45, 2.75) is 44.4 Å². The smallest absolute Gasteiger partial charge is 0.330 e. The van der Waals surface area contributed by atoms with Gasteiger partial charge in [-0.05, 0) is 55.0 Å². The summed E-state index contributed by atoms with van der Waals surface area (Å²) < 4.78 is 13.3. The number of halogens is 1. The average molecular weight is 646 g/mol. The lowest BCUT2D eigenvalue weighted by Gasteiger charge is -2.31. The molecule has 1 amide bonds. The number of anilines is 1. The van der Waals surface area contributed by atoms with Gasteiger partial charge in [-0.2, -0.15) is 0 Å². The van der Waals surface area contributed by atoms with E-state index in [0.717, 1.165) is 57.3 Å². The molecule has 46 heavy (non-hydrogen) atoms. The van der Waals surface area contributed by atoms with Crippen molar-refractivity contribution in [3.63, 3.8) is 0 Å². The number of pyridine rings is 1. The van der Waals surface area contributed by atoms with Crippen LogP contribution in [0.3, 0.4) is 0 Å². The van der Waals surface area contributed by atoms with Crippen molar-refractivity contribution in [2.75, 3.05) is 25.6 Å². The first-order chi connectivity index (χ1) is 22.1. The second kappa shape index (κ2) is 12.8. The minimum Gasteiger partial charge on any atom is -0.481 e. The molecule has 0 bridgehead atoms. The number of rotatable bonds is 7. The van der Waals surface area contributed by atoms with Crippen LogP contribution in [-0.4, -0.2) is 57.6 Å². The van der Waals surface area contributed by atoms with Gasteiger partial charge in [-0.15, -0.1) is 0 Å². The van der Waals surface area contributed by atoms with Crippen LogP contribution in [0.25, 0.3) is 22.4 Å². The van der Waals surface area contributed by atoms with Crippen molar-refractivity contribution in [1.29, 1.82) is 0 Å². The van der Waals surface area contributed by atoms with Crippen LogP contribution in [0.4, 0.5) is 5.69 Å². The highest BCUT2D eigenvalue weighted by molar-refractivity contribution is 6.36. The minimum absolute atomic E-state index is 0.0226. The predicted octanol–water partition coefficient (Wildman–Crippen LogP) is 3.76. The van der Waals surface area contributed by atoms with Crippen molar-refractivity contribution < 1.29 is 19.4 Å². The molecular formula is C34H36ClN5O6. The van der Waals surface area contributed by atoms with Crippen LogP contribution in [0, 0.1) is 6.92 Å². The third-order valence-electron chi connectivity index (χ3n) is 8.93. The molecule has 1 aliphatic heterocycles. The molecule has 1 aliphatic carbocycles. The molecule has 2 aliphatic rings. The number of aliphatic hydroxyl groups excluding tert-OH is 1. The van der Waals surface area contributed by atoms with Gasteiger partial charge in [0.2, 0.25) is 5.88 Å². The molecule has 1 saturated heterocycles. The molecule has 3 atom stereocenters. The summed E-state index contributed by atoms with van der Waals surface area (Å²) in [6.07, 6.45) is 3.13. The molecule has 6 rings (SSSR count). The maximum absolute atomic E-state index is 13.1. The molecule has 0 saturated carbocycles. The van der Waals surface area contributed by atoms with E-state index in [1.54, 1.807) is 19.2 Å². The summed E-state index contributed by atoms with van der Waals surface area (Å²) in [7, 11) is 4.42. The molecule has 0 spiro atoms. The average Bonchev–Trinajstić information content (AvgIpc) is 3.46. The number of benzene rings is 2. The van der Waals surface area contributed by atoms with Gasteiger partial charge in [0.15, 0.2) is 0 Å². The Balaban J connectivity index is 1.31. The molecule has 0 unspecified atom stereocenters. The normalized spacial score (nSPS) is 19.1. The van der Waals surface area contributed by atoms with Gasteiger partial charge < -0.3 is 29.8 Å². The van der Waals surface area contributed by atoms with Gasteiger partial charge in [-0.25, -0.2) is 9.78 Å². The Labute approximate surface area is 270 Å². The summed E-state index contributed by atoms with van der Waals surface area (Å²) in [5.74, 6) is -0.115. The van der Waals surface area contributed by atoms with Crippen LogP contribution < -0.4 is 26.6 Å². The van der Waals surface area contributed by atoms with Crippen LogP contribution in [0.5, 0.6) is 5.88 Å². The van der Waals surface area contributed by atoms with Gasteiger partial charge in [0.05, 0.1) is 36.2 Å². The Morgan fingerprint density at radius 2 is 1.85 bits per heavy atom. The maximum atomic E-state index is 13.1. The van der Waals surface area contributed by atoms with Crippen molar-refractivity contribution in [1.82, 2.24) is 19.4 Å². The summed E-state index contributed by atoms with van der Waals surface area (Å²) >= 11 is 6.88. The third kappa shape index (κ3) is 5.75. The first-order valence-corrected chi connectivity index (χ1v) is 15.5. The van der Waals surface area contributed by atoms with Crippen LogP contribution in [0.15, 0.2) is 58.3 Å². The fourth-order valence-corrected chi connectivity index (χ4v) is 6.71. The van der Waals surface area contributed by atoms with Crippen LogP contribution in [0.1, 0.15) is 45.9 Å². The van der Waals surface area contributed by atoms with Crippen LogP contribution >= 0.6 is 11.6 Å². The maximum Gasteiger partial charge on any atom is 0.330 e. The molecule has 12 heteroatoms. The molecule has 11 nitrogen and oxygen atoms in total. The zero-order valence-corrected chi connectivity index (χ0v) is 26.9. The third-order valence-corrected chi connectivity index (χ3v) is 9.34. The van der Waals surface area contributed by atoms with E-state index in [1.165, 1.54) is 24.9 Å². The van der Waals surface area contributed by atoms with E-state index in [2.05, 4.69) is 16.7 Å². The lowest BCUT2D eigenvalue weighted by atomic mass is 9.93. The first kappa shape index (κ1) is 31.7. The molecular weight excluding hydrogens is 610 g/mol. The number of aromatic nitrogens is 3. The van der Waals surface area contributed by atoms with Gasteiger partial charge in [0.25, 0.3) is 11.5 Å². The summed E-state index contributed by atoms with van der Waals surface area (Å²) in [6, 6.07) is 13.3. The summed E-state index contributed by atoms with van der Waals surface area (Å²) in [5, 5.41) is 17.1. The SMILES string of the molecule is COc1nc(-c2cccc(-c3cccc(NC(=O)c4cn(C)c(=O)n(C)c4=O)c3Cl)c2C)cc2c1[C@H](N[C@@H]1CCOC[C@@H]1O)CC2. The fraction of sp³-hybridized carbons (Fsp3) is 0.353. The molecule has 4 aromatic rings. The number of nitrogens with one attached hydrogen (secondary N) is 2. The van der Waals surface area contributed by atoms with E-state index in [-0.39, 0.29) is 17.6 Å². The number of hydrogen-bond donors (Lipinski definition) is 3. The van der Waals surface area contributed by atoms with Gasteiger partial charge >= 0.3 is 5.69 Å². The van der Waals surface area contributed by atoms with E-state index in [4.69, 9.17) is 26.1 Å². The lowest BCUT2D eigenvalue weighted by Crippen LogP contribution is -2.47. The number of nitrogens with zero attached hydrogens (tertiary/aromatic N) is 3. The van der Waals surface area contributed by atoms with Gasteiger partial charge in [0.1, 0.15) is 5.56 Å². The molecule has 2 aromatic carbocycles. The van der Waals surface area contributed by atoms with Gasteiger partial charge in [0, 0.05) is 55.7 Å². The Hall–Kier alpha value is -4.29. The van der Waals surface area contributed by atoms with E-state index in [1.807, 2.05) is 31.2 Å². The van der Waals surface area contributed by atoms with Crippen LogP contribution in [-0.2, 0) is 25.3 Å². The summed E-state index contributed by atoms with van der Waals surface area (Å²) in [4.78, 5) is 42.8. The number of carbonyl (C=O) groups is 1. The molecule has 0 radical (unpaired) electrons. The number of aliphatic hydroxyl groups is 1. The second-order valence-electron chi connectivity index (χ2n) is 11.8. The highest BCUT2D eigenvalue weighted by Crippen LogP contribution is 2.42. The molecule has 3 N–H and O–H groups in total. The van der Waals surface area contributed by atoms with E-state index >= 15 is 0 Å². The first-order valence-electron chi connectivity index (χ1n) is 15.2. The summed E-state index contributed by atoms with van der Waals surface area (Å²) in [5.41, 5.74) is 5.27. The number of amides is 1. The van der Waals surface area contributed by atoms with E-state index < -0.39 is 23.3 Å². The van der Waals surface area contributed by atoms with E-state index in [0.29, 0.717) is 35.4 Å². The quantitative estimate of drug-likeness (QED) is 0.276. The number of carbonyl (C=O) groups excluding carboxylic acids is 1. The largest absolute Gasteiger partial charge is 0.481 e.